The number of benzene rings is 1. The fourth-order valence-electron chi connectivity index (χ4n) is 4.60. The van der Waals surface area contributed by atoms with Gasteiger partial charge in [0.15, 0.2) is 0 Å². The molecule has 1 unspecified atom stereocenters. The van der Waals surface area contributed by atoms with Gasteiger partial charge >= 0.3 is 0 Å². The maximum atomic E-state index is 11.9. The van der Waals surface area contributed by atoms with Crippen molar-refractivity contribution in [3.8, 4) is 0 Å². The molecular formula is C23H32N3O2S+. The maximum Gasteiger partial charge on any atom is 0.250 e. The molecule has 3 rings (SSSR count). The Labute approximate surface area is 179 Å². The Bertz CT molecular complexity index is 821. The summed E-state index contributed by atoms with van der Waals surface area (Å²) in [7, 11) is 2.24. The molecule has 0 bridgehead atoms. The molecule has 1 saturated heterocycles. The van der Waals surface area contributed by atoms with Gasteiger partial charge < -0.3 is 10.8 Å². The van der Waals surface area contributed by atoms with Gasteiger partial charge in [-0.2, -0.15) is 0 Å². The Morgan fingerprint density at radius 2 is 2.10 bits per heavy atom. The third-order valence-electron chi connectivity index (χ3n) is 6.18. The standard InChI is InChI=1S/C23H31N3O2S/c1-3-13-26(2,18-9-10-22(29)20(14-18)23(24)28)21(17-7-5-4-6-8-17)16-25-12-11-19(27)15-25/h4-9,14,19,21,27H,3,10-13,15-16H2,1-2H3,(H-,24,28)/p+1/t19-,21+,26?/m0/s1. The number of primary amides is 1. The number of likely N-dealkylation sites (tertiary alicyclic amines) is 1. The van der Waals surface area contributed by atoms with Gasteiger partial charge in [0.1, 0.15) is 11.7 Å². The van der Waals surface area contributed by atoms with Crippen LogP contribution in [0.4, 0.5) is 0 Å². The summed E-state index contributed by atoms with van der Waals surface area (Å²) >= 11 is 5.38. The van der Waals surface area contributed by atoms with Crippen molar-refractivity contribution in [2.75, 3.05) is 33.2 Å². The molecule has 6 heteroatoms. The molecule has 3 atom stereocenters. The number of rotatable bonds is 8. The summed E-state index contributed by atoms with van der Waals surface area (Å²) in [6.07, 6.45) is 6.20. The first-order valence-electron chi connectivity index (χ1n) is 10.4. The van der Waals surface area contributed by atoms with Crippen molar-refractivity contribution in [1.82, 2.24) is 4.90 Å². The Morgan fingerprint density at radius 3 is 2.69 bits per heavy atom. The van der Waals surface area contributed by atoms with Crippen LogP contribution < -0.4 is 5.73 Å². The van der Waals surface area contributed by atoms with Gasteiger partial charge in [0.05, 0.1) is 31.8 Å². The largest absolute Gasteiger partial charge is 0.392 e. The molecule has 1 aromatic rings. The third kappa shape index (κ3) is 4.83. The zero-order valence-corrected chi connectivity index (χ0v) is 18.2. The lowest BCUT2D eigenvalue weighted by Gasteiger charge is -2.44. The summed E-state index contributed by atoms with van der Waals surface area (Å²) < 4.78 is 0.673. The molecular weight excluding hydrogens is 382 g/mol. The van der Waals surface area contributed by atoms with Crippen LogP contribution >= 0.6 is 12.2 Å². The first-order valence-corrected chi connectivity index (χ1v) is 10.8. The van der Waals surface area contributed by atoms with Gasteiger partial charge in [-0.25, -0.2) is 0 Å². The molecule has 1 fully saturated rings. The molecule has 156 valence electrons. The summed E-state index contributed by atoms with van der Waals surface area (Å²) in [5.41, 5.74) is 8.41. The number of hydrogen-bond acceptors (Lipinski definition) is 4. The average Bonchev–Trinajstić information content (AvgIpc) is 3.12. The number of quaternary nitrogens is 1. The van der Waals surface area contributed by atoms with Crippen molar-refractivity contribution in [2.24, 2.45) is 5.73 Å². The van der Waals surface area contributed by atoms with E-state index in [2.05, 4.69) is 49.2 Å². The summed E-state index contributed by atoms with van der Waals surface area (Å²) in [5.74, 6) is -0.456. The lowest BCUT2D eigenvalue weighted by atomic mass is 9.95. The second-order valence-electron chi connectivity index (χ2n) is 8.30. The van der Waals surface area contributed by atoms with Crippen molar-refractivity contribution in [3.05, 3.63) is 59.3 Å². The zero-order valence-electron chi connectivity index (χ0n) is 17.4. The van der Waals surface area contributed by atoms with E-state index in [0.717, 1.165) is 38.2 Å². The number of hydrogen-bond donors (Lipinski definition) is 2. The summed E-state index contributed by atoms with van der Waals surface area (Å²) in [5, 5.41) is 10.0. The lowest BCUT2D eigenvalue weighted by Crippen LogP contribution is -2.51. The first-order chi connectivity index (χ1) is 13.8. The van der Waals surface area contributed by atoms with Crippen LogP contribution in [0.25, 0.3) is 0 Å². The van der Waals surface area contributed by atoms with Gasteiger partial charge in [0.2, 0.25) is 5.91 Å². The predicted octanol–water partition coefficient (Wildman–Crippen LogP) is 2.72. The fourth-order valence-corrected chi connectivity index (χ4v) is 4.84. The fraction of sp³-hybridized carbons (Fsp3) is 0.478. The SMILES string of the molecule is CCC[N+](C)(C1=CCC(=S)C(C(N)=O)=C1)[C@H](CN1CC[C@H](O)C1)c1ccccc1. The Kier molecular flexibility index (Phi) is 7.01. The average molecular weight is 415 g/mol. The second-order valence-corrected chi connectivity index (χ2v) is 8.79. The van der Waals surface area contributed by atoms with Crippen molar-refractivity contribution < 1.29 is 14.4 Å². The highest BCUT2D eigenvalue weighted by atomic mass is 32.1. The number of thiocarbonyl (C=S) groups is 1. The number of aliphatic hydroxyl groups is 1. The minimum atomic E-state index is -0.456. The van der Waals surface area contributed by atoms with Gasteiger partial charge in [-0.05, 0) is 18.9 Å². The van der Waals surface area contributed by atoms with Crippen LogP contribution in [0.1, 0.15) is 37.8 Å². The minimum absolute atomic E-state index is 0.171. The number of allylic oxidation sites excluding steroid dienone is 2. The van der Waals surface area contributed by atoms with Gasteiger partial charge in [-0.1, -0.05) is 49.5 Å². The van der Waals surface area contributed by atoms with Crippen LogP contribution in [0.2, 0.25) is 0 Å². The molecule has 1 aliphatic carbocycles. The normalized spacial score (nSPS) is 23.3. The van der Waals surface area contributed by atoms with E-state index in [1.807, 2.05) is 12.1 Å². The molecule has 5 nitrogen and oxygen atoms in total. The van der Waals surface area contributed by atoms with Crippen LogP contribution in [-0.2, 0) is 4.79 Å². The smallest absolute Gasteiger partial charge is 0.250 e. The van der Waals surface area contributed by atoms with Crippen LogP contribution in [0.5, 0.6) is 0 Å². The van der Waals surface area contributed by atoms with Crippen molar-refractivity contribution in [3.63, 3.8) is 0 Å². The molecule has 0 saturated carbocycles. The van der Waals surface area contributed by atoms with Crippen molar-refractivity contribution >= 4 is 23.0 Å². The van der Waals surface area contributed by atoms with E-state index in [4.69, 9.17) is 18.0 Å². The number of nitrogens with zero attached hydrogens (tertiary/aromatic N) is 2. The third-order valence-corrected chi connectivity index (χ3v) is 6.57. The van der Waals surface area contributed by atoms with E-state index in [0.29, 0.717) is 27.9 Å². The Morgan fingerprint density at radius 1 is 1.38 bits per heavy atom. The highest BCUT2D eigenvalue weighted by Gasteiger charge is 2.40. The van der Waals surface area contributed by atoms with E-state index in [1.165, 1.54) is 5.56 Å². The lowest BCUT2D eigenvalue weighted by molar-refractivity contribution is -0.901. The first kappa shape index (κ1) is 21.8. The van der Waals surface area contributed by atoms with E-state index < -0.39 is 5.91 Å². The molecule has 3 N–H and O–H groups in total. The predicted molar refractivity (Wildman–Crippen MR) is 120 cm³/mol. The second kappa shape index (κ2) is 9.30. The van der Waals surface area contributed by atoms with E-state index in [-0.39, 0.29) is 12.1 Å². The van der Waals surface area contributed by atoms with Crippen LogP contribution in [0.3, 0.4) is 0 Å². The van der Waals surface area contributed by atoms with Gasteiger partial charge in [-0.15, -0.1) is 0 Å². The highest BCUT2D eigenvalue weighted by Crippen LogP contribution is 2.37. The van der Waals surface area contributed by atoms with Gasteiger partial charge in [0.25, 0.3) is 0 Å². The van der Waals surface area contributed by atoms with Crippen LogP contribution in [0, 0.1) is 0 Å². The Balaban J connectivity index is 2.03. The molecule has 1 amide bonds. The molecule has 1 aliphatic heterocycles. The minimum Gasteiger partial charge on any atom is -0.392 e. The van der Waals surface area contributed by atoms with Crippen LogP contribution in [0.15, 0.2) is 53.8 Å². The van der Waals surface area contributed by atoms with E-state index in [9.17, 15) is 9.90 Å². The molecule has 29 heavy (non-hydrogen) atoms. The number of β-amino-alcohol motifs (C(OH)–C–C–N with tert-alkyl or cyclic N) is 1. The highest BCUT2D eigenvalue weighted by molar-refractivity contribution is 7.81. The van der Waals surface area contributed by atoms with Gasteiger partial charge in [0, 0.05) is 36.0 Å². The van der Waals surface area contributed by atoms with E-state index >= 15 is 0 Å². The van der Waals surface area contributed by atoms with Crippen LogP contribution in [-0.4, -0.2) is 64.6 Å². The molecule has 0 radical (unpaired) electrons. The zero-order chi connectivity index (χ0) is 21.0. The molecule has 1 aromatic carbocycles. The number of likely N-dealkylation sites (N-methyl/N-ethyl adjacent to an activating group) is 1. The molecule has 2 aliphatic rings. The quantitative estimate of drug-likeness (QED) is 0.507. The number of amides is 1. The Hall–Kier alpha value is -1.86. The monoisotopic (exact) mass is 414 g/mol. The molecule has 0 spiro atoms. The summed E-state index contributed by atoms with van der Waals surface area (Å²) in [6.45, 7) is 5.57. The number of carbonyl (C=O) groups excluding carboxylic acids is 1. The van der Waals surface area contributed by atoms with Crippen molar-refractivity contribution in [1.29, 1.82) is 0 Å². The van der Waals surface area contributed by atoms with Crippen molar-refractivity contribution in [2.45, 2.75) is 38.3 Å². The topological polar surface area (TPSA) is 66.6 Å². The summed E-state index contributed by atoms with van der Waals surface area (Å²) in [6, 6.07) is 10.7. The summed E-state index contributed by atoms with van der Waals surface area (Å²) in [4.78, 5) is 14.9. The van der Waals surface area contributed by atoms with Gasteiger partial charge in [-0.3, -0.25) is 14.2 Å². The maximum absolute atomic E-state index is 11.9. The number of carbonyl (C=O) groups is 1. The van der Waals surface area contributed by atoms with E-state index in [1.54, 1.807) is 0 Å². The molecule has 0 aromatic heterocycles. The molecule has 1 heterocycles. The number of aliphatic hydroxyl groups excluding tert-OH is 1. The number of nitrogens with two attached hydrogens (primary N) is 1.